The number of alkyl carbamates (subject to hydrolysis) is 1. The lowest BCUT2D eigenvalue weighted by Crippen LogP contribution is -2.35. The molecule has 0 spiro atoms. The Morgan fingerprint density at radius 1 is 1.06 bits per heavy atom. The summed E-state index contributed by atoms with van der Waals surface area (Å²) in [5.41, 5.74) is -0.507. The Hall–Kier alpha value is -1.26. The fourth-order valence-electron chi connectivity index (χ4n) is 1.28. The highest BCUT2D eigenvalue weighted by Gasteiger charge is 2.15. The van der Waals surface area contributed by atoms with Crippen LogP contribution >= 0.6 is 0 Å². The van der Waals surface area contributed by atoms with Gasteiger partial charge in [-0.3, -0.25) is 4.79 Å². The van der Waals surface area contributed by atoms with Gasteiger partial charge in [0.25, 0.3) is 0 Å². The van der Waals surface area contributed by atoms with Crippen LogP contribution in [-0.4, -0.2) is 30.7 Å². The Kier molecular flexibility index (Phi) is 8.16. The zero-order valence-corrected chi connectivity index (χ0v) is 12.0. The predicted octanol–water partition coefficient (Wildman–Crippen LogP) is 2.21. The van der Waals surface area contributed by atoms with E-state index < -0.39 is 11.7 Å². The molecule has 5 nitrogen and oxygen atoms in total. The molecular formula is C13H26N2O3. The summed E-state index contributed by atoms with van der Waals surface area (Å²) in [6, 6.07) is 0. The van der Waals surface area contributed by atoms with Crippen molar-refractivity contribution < 1.29 is 14.3 Å². The Morgan fingerprint density at radius 3 is 2.28 bits per heavy atom. The van der Waals surface area contributed by atoms with Crippen molar-refractivity contribution in [3.63, 3.8) is 0 Å². The highest BCUT2D eigenvalue weighted by Crippen LogP contribution is 2.06. The van der Waals surface area contributed by atoms with Gasteiger partial charge in [-0.25, -0.2) is 4.79 Å². The van der Waals surface area contributed by atoms with E-state index in [0.29, 0.717) is 13.1 Å². The van der Waals surface area contributed by atoms with Crippen LogP contribution in [-0.2, 0) is 9.53 Å². The molecule has 0 saturated heterocycles. The molecule has 5 heteroatoms. The molecule has 0 bridgehead atoms. The van der Waals surface area contributed by atoms with E-state index in [-0.39, 0.29) is 12.3 Å². The summed E-state index contributed by atoms with van der Waals surface area (Å²) in [7, 11) is 0. The first-order valence-corrected chi connectivity index (χ1v) is 6.58. The Morgan fingerprint density at radius 2 is 1.72 bits per heavy atom. The molecule has 0 radical (unpaired) electrons. The quantitative estimate of drug-likeness (QED) is 0.688. The van der Waals surface area contributed by atoms with Gasteiger partial charge in [-0.05, 0) is 27.2 Å². The molecule has 0 heterocycles. The standard InChI is InChI=1S/C13H26N2O3/c1-5-6-7-9-14-11(16)8-10-15-12(17)18-13(2,3)4/h5-10H2,1-4H3,(H,14,16)(H,15,17). The van der Waals surface area contributed by atoms with E-state index in [2.05, 4.69) is 17.6 Å². The molecule has 2 N–H and O–H groups in total. The normalized spacial score (nSPS) is 10.9. The Balaban J connectivity index is 3.53. The van der Waals surface area contributed by atoms with Crippen molar-refractivity contribution in [2.24, 2.45) is 0 Å². The van der Waals surface area contributed by atoms with Gasteiger partial charge < -0.3 is 15.4 Å². The van der Waals surface area contributed by atoms with Gasteiger partial charge >= 0.3 is 6.09 Å². The number of nitrogens with one attached hydrogen (secondary N) is 2. The maximum Gasteiger partial charge on any atom is 0.407 e. The van der Waals surface area contributed by atoms with E-state index in [4.69, 9.17) is 4.74 Å². The van der Waals surface area contributed by atoms with Crippen molar-refractivity contribution in [1.29, 1.82) is 0 Å². The van der Waals surface area contributed by atoms with E-state index in [0.717, 1.165) is 19.3 Å². The number of carbonyl (C=O) groups is 2. The van der Waals surface area contributed by atoms with Crippen molar-refractivity contribution in [2.45, 2.75) is 59.0 Å². The van der Waals surface area contributed by atoms with Gasteiger partial charge in [0.2, 0.25) is 5.91 Å². The average Bonchev–Trinajstić information content (AvgIpc) is 2.22. The van der Waals surface area contributed by atoms with Crippen molar-refractivity contribution in [2.75, 3.05) is 13.1 Å². The molecule has 0 atom stereocenters. The van der Waals surface area contributed by atoms with Gasteiger partial charge in [0.1, 0.15) is 5.60 Å². The minimum atomic E-state index is -0.507. The van der Waals surface area contributed by atoms with Crippen LogP contribution in [0.5, 0.6) is 0 Å². The zero-order chi connectivity index (χ0) is 14.0. The van der Waals surface area contributed by atoms with Gasteiger partial charge in [-0.1, -0.05) is 19.8 Å². The summed E-state index contributed by atoms with van der Waals surface area (Å²) >= 11 is 0. The first kappa shape index (κ1) is 16.7. The summed E-state index contributed by atoms with van der Waals surface area (Å²) in [4.78, 5) is 22.6. The van der Waals surface area contributed by atoms with Crippen LogP contribution in [0.15, 0.2) is 0 Å². The third-order valence-corrected chi connectivity index (χ3v) is 2.12. The fraction of sp³-hybridized carbons (Fsp3) is 0.846. The van der Waals surface area contributed by atoms with Crippen LogP contribution in [0.25, 0.3) is 0 Å². The first-order valence-electron chi connectivity index (χ1n) is 6.58. The smallest absolute Gasteiger partial charge is 0.407 e. The zero-order valence-electron chi connectivity index (χ0n) is 12.0. The van der Waals surface area contributed by atoms with Crippen molar-refractivity contribution in [3.8, 4) is 0 Å². The predicted molar refractivity (Wildman–Crippen MR) is 71.4 cm³/mol. The summed E-state index contributed by atoms with van der Waals surface area (Å²) in [5.74, 6) is -0.0397. The third-order valence-electron chi connectivity index (χ3n) is 2.12. The van der Waals surface area contributed by atoms with Crippen LogP contribution < -0.4 is 10.6 Å². The van der Waals surface area contributed by atoms with Gasteiger partial charge in [0.05, 0.1) is 0 Å². The average molecular weight is 258 g/mol. The van der Waals surface area contributed by atoms with Crippen LogP contribution in [0.1, 0.15) is 53.4 Å². The van der Waals surface area contributed by atoms with Crippen LogP contribution in [0, 0.1) is 0 Å². The summed E-state index contributed by atoms with van der Waals surface area (Å²) in [6.07, 6.45) is 3.06. The van der Waals surface area contributed by atoms with E-state index in [1.807, 2.05) is 0 Å². The molecule has 0 aliphatic heterocycles. The SMILES string of the molecule is CCCCCNC(=O)CCNC(=O)OC(C)(C)C. The van der Waals surface area contributed by atoms with Crippen molar-refractivity contribution >= 4 is 12.0 Å². The van der Waals surface area contributed by atoms with Gasteiger partial charge in [-0.2, -0.15) is 0 Å². The fourth-order valence-corrected chi connectivity index (χ4v) is 1.28. The van der Waals surface area contributed by atoms with E-state index >= 15 is 0 Å². The number of amides is 2. The van der Waals surface area contributed by atoms with Crippen LogP contribution in [0.3, 0.4) is 0 Å². The highest BCUT2D eigenvalue weighted by atomic mass is 16.6. The number of carbonyl (C=O) groups excluding carboxylic acids is 2. The maximum absolute atomic E-state index is 11.4. The molecular weight excluding hydrogens is 232 g/mol. The third kappa shape index (κ3) is 11.2. The highest BCUT2D eigenvalue weighted by molar-refractivity contribution is 5.76. The minimum absolute atomic E-state index is 0.0397. The van der Waals surface area contributed by atoms with Crippen LogP contribution in [0.2, 0.25) is 0 Å². The molecule has 0 aromatic rings. The first-order chi connectivity index (χ1) is 8.35. The molecule has 0 aliphatic carbocycles. The lowest BCUT2D eigenvalue weighted by molar-refractivity contribution is -0.120. The minimum Gasteiger partial charge on any atom is -0.444 e. The molecule has 0 rings (SSSR count). The summed E-state index contributed by atoms with van der Waals surface area (Å²) < 4.78 is 5.05. The molecule has 0 unspecified atom stereocenters. The van der Waals surface area contributed by atoms with E-state index in [1.165, 1.54) is 0 Å². The van der Waals surface area contributed by atoms with E-state index in [9.17, 15) is 9.59 Å². The molecule has 2 amide bonds. The lowest BCUT2D eigenvalue weighted by atomic mass is 10.2. The molecule has 18 heavy (non-hydrogen) atoms. The molecule has 0 fully saturated rings. The molecule has 106 valence electrons. The molecule has 0 aromatic heterocycles. The van der Waals surface area contributed by atoms with Gasteiger partial charge in [-0.15, -0.1) is 0 Å². The lowest BCUT2D eigenvalue weighted by Gasteiger charge is -2.19. The monoisotopic (exact) mass is 258 g/mol. The van der Waals surface area contributed by atoms with Gasteiger partial charge in [0, 0.05) is 19.5 Å². The summed E-state index contributed by atoms with van der Waals surface area (Å²) in [6.45, 7) is 8.52. The largest absolute Gasteiger partial charge is 0.444 e. The van der Waals surface area contributed by atoms with Gasteiger partial charge in [0.15, 0.2) is 0 Å². The van der Waals surface area contributed by atoms with E-state index in [1.54, 1.807) is 20.8 Å². The number of hydrogen-bond acceptors (Lipinski definition) is 3. The number of rotatable bonds is 7. The number of unbranched alkanes of at least 4 members (excludes halogenated alkanes) is 2. The number of ether oxygens (including phenoxy) is 1. The Labute approximate surface area is 110 Å². The Bertz CT molecular complexity index is 259. The number of hydrogen-bond donors (Lipinski definition) is 2. The second-order valence-corrected chi connectivity index (χ2v) is 5.24. The second-order valence-electron chi connectivity index (χ2n) is 5.24. The topological polar surface area (TPSA) is 67.4 Å². The molecule has 0 aliphatic rings. The maximum atomic E-state index is 11.4. The molecule has 0 saturated carbocycles. The van der Waals surface area contributed by atoms with Crippen molar-refractivity contribution in [1.82, 2.24) is 10.6 Å². The second kappa shape index (κ2) is 8.78. The summed E-state index contributed by atoms with van der Waals surface area (Å²) in [5, 5.41) is 5.36. The van der Waals surface area contributed by atoms with Crippen molar-refractivity contribution in [3.05, 3.63) is 0 Å². The van der Waals surface area contributed by atoms with Crippen LogP contribution in [0.4, 0.5) is 4.79 Å². The molecule has 0 aromatic carbocycles.